The first-order chi connectivity index (χ1) is 64.9. The second-order valence-corrected chi connectivity index (χ2v) is 33.4. The van der Waals surface area contributed by atoms with E-state index in [4.69, 9.17) is 48.1 Å². The van der Waals surface area contributed by atoms with Gasteiger partial charge in [-0.15, -0.1) is 0 Å². The van der Waals surface area contributed by atoms with E-state index in [9.17, 15) is 0 Å². The summed E-state index contributed by atoms with van der Waals surface area (Å²) in [5, 5.41) is 23.4. The highest BCUT2D eigenvalue weighted by molar-refractivity contribution is 6.32. The van der Waals surface area contributed by atoms with Crippen molar-refractivity contribution in [3.05, 3.63) is 425 Å². The normalized spacial score (nSPS) is 11.8. The van der Waals surface area contributed by atoms with Gasteiger partial charge in [0, 0.05) is 160 Å². The molecule has 28 rings (SSSR count). The smallest absolute Gasteiger partial charge is 0.136 e. The van der Waals surface area contributed by atoms with Crippen molar-refractivity contribution >= 4 is 185 Å². The van der Waals surface area contributed by atoms with Gasteiger partial charge in [-0.3, -0.25) is 15.0 Å². The Morgan fingerprint density at radius 1 is 0.168 bits per heavy atom. The van der Waals surface area contributed by atoms with Crippen LogP contribution in [-0.2, 0) is 0 Å². The Balaban J connectivity index is 0.000000103. The molecule has 0 unspecified atom stereocenters. The van der Waals surface area contributed by atoms with Crippen LogP contribution in [0.5, 0.6) is 0 Å². The number of rotatable bonds is 8. The quantitative estimate of drug-likeness (QED) is 0.134. The Kier molecular flexibility index (Phi) is 17.4. The number of nitrogens with zero attached hydrogens (tertiary/aromatic N) is 8. The molecule has 0 fully saturated rings. The maximum atomic E-state index is 6.32. The third kappa shape index (κ3) is 12.6. The molecule has 0 saturated heterocycles. The molecule has 28 aromatic rings. The lowest BCUT2D eigenvalue weighted by molar-refractivity contribution is 0.669. The van der Waals surface area contributed by atoms with Crippen LogP contribution in [0.4, 0.5) is 0 Å². The third-order valence-corrected chi connectivity index (χ3v) is 25.8. The lowest BCUT2D eigenvalue weighted by atomic mass is 9.93. The predicted octanol–water partition coefficient (Wildman–Crippen LogP) is 31.9. The molecule has 11 heteroatoms. The third-order valence-electron chi connectivity index (χ3n) is 25.8. The molecule has 0 saturated carbocycles. The van der Waals surface area contributed by atoms with E-state index in [-0.39, 0.29) is 0 Å². The van der Waals surface area contributed by atoms with Crippen LogP contribution in [-0.4, -0.2) is 39.9 Å². The second-order valence-electron chi connectivity index (χ2n) is 33.4. The van der Waals surface area contributed by atoms with Crippen molar-refractivity contribution in [1.29, 1.82) is 0 Å². The van der Waals surface area contributed by atoms with Gasteiger partial charge in [0.15, 0.2) is 0 Å². The monoisotopic (exact) mass is 1670 g/mol. The summed E-state index contributed by atoms with van der Waals surface area (Å²) in [6.45, 7) is 0. The lowest BCUT2D eigenvalue weighted by Crippen LogP contribution is -1.93. The van der Waals surface area contributed by atoms with Gasteiger partial charge >= 0.3 is 0 Å². The fourth-order valence-electron chi connectivity index (χ4n) is 19.7. The minimum Gasteiger partial charge on any atom is -0.456 e. The number of hydrogen-bond acceptors (Lipinski definition) is 11. The first kappa shape index (κ1) is 74.6. The standard InChI is InChI=1S/C43H25N3O.C40H24N2O.C37H21N3O/c1-3-9-26(10-4-1)34-22-18-28-15-16-29-19-23-35(45-43(29)42(28)44-34)30-17-20-31-36(25-30)46-41(27-11-5-2-6-12-27)33-21-24-38-40(39(31)33)32-13-7-8-14-37(32)47-38;1-3-9-25(10-4-1)34-22-29-16-15-27(21-30(29)24-41-34)28-17-18-31-35(23-28)42-40(26-11-5-2-6-12-26)33-19-20-37-39(38(31)33)32-13-7-8-14-36(32)43-37;1-2-8-22(9-3-1)35-28-16-17-32-34(27-11-4-5-13-31(27)41-32)33(28)26-15-14-23(21-30(26)40-35)29-20-24-10-6-18-38-36(24)37-25(29)12-7-19-39-37/h1-25H;1-24H;1-21H. The van der Waals surface area contributed by atoms with Gasteiger partial charge < -0.3 is 13.3 Å². The molecule has 0 bridgehead atoms. The Hall–Kier alpha value is -17.8. The van der Waals surface area contributed by atoms with Crippen molar-refractivity contribution < 1.29 is 13.3 Å². The summed E-state index contributed by atoms with van der Waals surface area (Å²) in [5.74, 6) is 0. The molecular formula is C120H70N8O3. The molecule has 11 nitrogen and oxygen atoms in total. The molecular weight excluding hydrogens is 1600 g/mol. The molecule has 17 aromatic carbocycles. The Morgan fingerprint density at radius 3 is 1.03 bits per heavy atom. The van der Waals surface area contributed by atoms with Crippen LogP contribution in [0.2, 0.25) is 0 Å². The first-order valence-corrected chi connectivity index (χ1v) is 44.0. The van der Waals surface area contributed by atoms with E-state index in [2.05, 4.69) is 308 Å². The van der Waals surface area contributed by atoms with Crippen molar-refractivity contribution in [1.82, 2.24) is 39.9 Å². The zero-order valence-electron chi connectivity index (χ0n) is 70.2. The maximum absolute atomic E-state index is 6.32. The molecule has 0 radical (unpaired) electrons. The molecule has 131 heavy (non-hydrogen) atoms. The van der Waals surface area contributed by atoms with Crippen molar-refractivity contribution in [2.45, 2.75) is 0 Å². The molecule has 0 spiro atoms. The molecule has 608 valence electrons. The van der Waals surface area contributed by atoms with E-state index in [1.54, 1.807) is 0 Å². The van der Waals surface area contributed by atoms with E-state index in [1.807, 2.05) is 122 Å². The summed E-state index contributed by atoms with van der Waals surface area (Å²) in [5.41, 5.74) is 28.4. The molecule has 11 heterocycles. The number of pyridine rings is 8. The van der Waals surface area contributed by atoms with E-state index >= 15 is 0 Å². The molecule has 0 amide bonds. The molecule has 0 aliphatic heterocycles. The van der Waals surface area contributed by atoms with Crippen LogP contribution >= 0.6 is 0 Å². The summed E-state index contributed by atoms with van der Waals surface area (Å²) in [6, 6.07) is 141. The summed E-state index contributed by atoms with van der Waals surface area (Å²) in [7, 11) is 0. The Morgan fingerprint density at radius 2 is 0.534 bits per heavy atom. The molecule has 0 atom stereocenters. The topological polar surface area (TPSA) is 143 Å². The maximum Gasteiger partial charge on any atom is 0.136 e. The largest absolute Gasteiger partial charge is 0.456 e. The van der Waals surface area contributed by atoms with E-state index < -0.39 is 0 Å². The number of furan rings is 3. The zero-order chi connectivity index (χ0) is 86.1. The minimum absolute atomic E-state index is 0.875. The minimum atomic E-state index is 0.875. The highest BCUT2D eigenvalue weighted by atomic mass is 16.3. The van der Waals surface area contributed by atoms with Crippen LogP contribution in [0.1, 0.15) is 0 Å². The average Bonchev–Trinajstić information content (AvgIpc) is 1.55. The number of benzene rings is 17. The summed E-state index contributed by atoms with van der Waals surface area (Å²) < 4.78 is 18.9. The van der Waals surface area contributed by atoms with Crippen molar-refractivity contribution in [3.8, 4) is 89.8 Å². The van der Waals surface area contributed by atoms with Crippen LogP contribution in [0.25, 0.3) is 275 Å². The van der Waals surface area contributed by atoms with Gasteiger partial charge in [0.25, 0.3) is 0 Å². The van der Waals surface area contributed by atoms with Gasteiger partial charge in [0.05, 0.1) is 72.8 Å². The molecule has 0 aliphatic carbocycles. The van der Waals surface area contributed by atoms with Crippen LogP contribution in [0.3, 0.4) is 0 Å². The SMILES string of the molecule is c1ccc(-c2cc3ccc(-c4ccc5c(c4)nc(-c4ccccc4)c4ccc6oc7ccccc7c6c45)cc3cn2)cc1.c1ccc(-c2ccc3ccc4ccc(-c5ccc6c(c5)nc(-c5ccccc5)c5ccc7oc8ccccc8c7c56)nc4c3n2)cc1.c1ccc(-c2nc3cc(-c4cc5cccnc5c5ncccc45)ccc3c3c2ccc2oc4ccccc4c23)cc1. The molecule has 0 N–H and O–H groups in total. The number of hydrogen-bond donors (Lipinski definition) is 0. The Labute approximate surface area is 748 Å². The number of fused-ring (bicyclic) bond motifs is 28. The number of aromatic nitrogens is 8. The van der Waals surface area contributed by atoms with Crippen molar-refractivity contribution in [3.63, 3.8) is 0 Å². The van der Waals surface area contributed by atoms with E-state index in [0.29, 0.717) is 0 Å². The molecule has 0 aliphatic rings. The van der Waals surface area contributed by atoms with Gasteiger partial charge in [0.1, 0.15) is 33.5 Å². The fourth-order valence-corrected chi connectivity index (χ4v) is 19.7. The number of para-hydroxylation sites is 3. The van der Waals surface area contributed by atoms with Crippen LogP contribution < -0.4 is 0 Å². The fraction of sp³-hybridized carbons (Fsp3) is 0. The summed E-state index contributed by atoms with van der Waals surface area (Å²) in [6.07, 6.45) is 5.63. The lowest BCUT2D eigenvalue weighted by Gasteiger charge is -2.14. The highest BCUT2D eigenvalue weighted by Crippen LogP contribution is 2.48. The van der Waals surface area contributed by atoms with Gasteiger partial charge in [-0.1, -0.05) is 291 Å². The summed E-state index contributed by atoms with van der Waals surface area (Å²) >= 11 is 0. The Bertz CT molecular complexity index is 9560. The van der Waals surface area contributed by atoms with E-state index in [0.717, 1.165) is 264 Å². The first-order valence-electron chi connectivity index (χ1n) is 44.0. The second kappa shape index (κ2) is 30.5. The zero-order valence-corrected chi connectivity index (χ0v) is 70.2. The highest BCUT2D eigenvalue weighted by Gasteiger charge is 2.24. The molecule has 11 aromatic heterocycles. The van der Waals surface area contributed by atoms with Gasteiger partial charge in [-0.2, -0.15) is 0 Å². The van der Waals surface area contributed by atoms with Gasteiger partial charge in [0.2, 0.25) is 0 Å². The van der Waals surface area contributed by atoms with Crippen molar-refractivity contribution in [2.75, 3.05) is 0 Å². The van der Waals surface area contributed by atoms with Crippen LogP contribution in [0.15, 0.2) is 438 Å². The van der Waals surface area contributed by atoms with Gasteiger partial charge in [-0.25, -0.2) is 24.9 Å². The van der Waals surface area contributed by atoms with Crippen LogP contribution in [0, 0.1) is 0 Å². The summed E-state index contributed by atoms with van der Waals surface area (Å²) in [4.78, 5) is 40.4. The van der Waals surface area contributed by atoms with E-state index in [1.165, 1.54) is 10.8 Å². The van der Waals surface area contributed by atoms with Crippen molar-refractivity contribution in [2.24, 2.45) is 0 Å². The van der Waals surface area contributed by atoms with Gasteiger partial charge in [-0.05, 0) is 143 Å². The average molecular weight is 1670 g/mol. The predicted molar refractivity (Wildman–Crippen MR) is 540 cm³/mol.